The van der Waals surface area contributed by atoms with Crippen molar-refractivity contribution in [1.29, 1.82) is 0 Å². The molecule has 0 aliphatic carbocycles. The van der Waals surface area contributed by atoms with E-state index in [4.69, 9.17) is 4.42 Å². The number of benzene rings is 1. The zero-order valence-electron chi connectivity index (χ0n) is 17.2. The van der Waals surface area contributed by atoms with E-state index in [2.05, 4.69) is 20.1 Å². The summed E-state index contributed by atoms with van der Waals surface area (Å²) in [5.41, 5.74) is 2.46. The summed E-state index contributed by atoms with van der Waals surface area (Å²) in [5, 5.41) is 8.25. The van der Waals surface area contributed by atoms with Crippen molar-refractivity contribution in [1.82, 2.24) is 19.5 Å². The fraction of sp³-hybridized carbons (Fsp3) is 0.350. The van der Waals surface area contributed by atoms with Crippen LogP contribution < -0.4 is 9.80 Å². The van der Waals surface area contributed by atoms with E-state index >= 15 is 0 Å². The molecule has 0 atom stereocenters. The van der Waals surface area contributed by atoms with Crippen LogP contribution in [0.4, 0.5) is 11.5 Å². The molecule has 3 heterocycles. The maximum Gasteiger partial charge on any atom is 0.243 e. The maximum atomic E-state index is 13.1. The molecule has 0 spiro atoms. The lowest BCUT2D eigenvalue weighted by Gasteiger charge is -2.34. The van der Waals surface area contributed by atoms with Crippen LogP contribution in [-0.4, -0.2) is 68.2 Å². The molecule has 0 radical (unpaired) electrons. The molecule has 0 unspecified atom stereocenters. The lowest BCUT2D eigenvalue weighted by Crippen LogP contribution is -2.49. The van der Waals surface area contributed by atoms with Gasteiger partial charge in [-0.1, -0.05) is 12.1 Å². The summed E-state index contributed by atoms with van der Waals surface area (Å²) >= 11 is 0. The summed E-state index contributed by atoms with van der Waals surface area (Å²) < 4.78 is 32.9. The van der Waals surface area contributed by atoms with Crippen LogP contribution in [0.2, 0.25) is 0 Å². The van der Waals surface area contributed by atoms with Crippen LogP contribution in [0.15, 0.2) is 52.1 Å². The van der Waals surface area contributed by atoms with E-state index in [9.17, 15) is 8.42 Å². The topological polar surface area (TPSA) is 95.7 Å². The van der Waals surface area contributed by atoms with Crippen LogP contribution in [0, 0.1) is 6.92 Å². The van der Waals surface area contributed by atoms with Crippen molar-refractivity contribution in [2.24, 2.45) is 0 Å². The largest absolute Gasteiger partial charge is 0.449 e. The molecule has 0 saturated carbocycles. The molecule has 9 nitrogen and oxygen atoms in total. The number of rotatable bonds is 5. The first-order valence-corrected chi connectivity index (χ1v) is 11.1. The minimum Gasteiger partial charge on any atom is -0.449 e. The Morgan fingerprint density at radius 1 is 1.07 bits per heavy atom. The molecule has 2 aromatic heterocycles. The average Bonchev–Trinajstić information content (AvgIpc) is 3.20. The highest BCUT2D eigenvalue weighted by Gasteiger charge is 2.29. The average molecular weight is 429 g/mol. The number of anilines is 2. The molecule has 1 aromatic carbocycles. The minimum atomic E-state index is -3.56. The lowest BCUT2D eigenvalue weighted by molar-refractivity contribution is 0.383. The summed E-state index contributed by atoms with van der Waals surface area (Å²) in [6, 6.07) is 8.70. The molecule has 158 valence electrons. The van der Waals surface area contributed by atoms with Gasteiger partial charge >= 0.3 is 0 Å². The van der Waals surface area contributed by atoms with Crippen LogP contribution in [-0.2, 0) is 10.0 Å². The summed E-state index contributed by atoms with van der Waals surface area (Å²) in [6.07, 6.45) is 3.26. The van der Waals surface area contributed by atoms with Gasteiger partial charge in [-0.05, 0) is 12.1 Å². The highest BCUT2D eigenvalue weighted by molar-refractivity contribution is 7.89. The zero-order chi connectivity index (χ0) is 21.3. The Balaban J connectivity index is 1.45. The predicted molar refractivity (Wildman–Crippen MR) is 114 cm³/mol. The molecule has 1 aliphatic rings. The van der Waals surface area contributed by atoms with E-state index in [0.717, 1.165) is 17.1 Å². The first-order chi connectivity index (χ1) is 14.3. The second-order valence-electron chi connectivity index (χ2n) is 7.33. The molecule has 0 N–H and O–H groups in total. The van der Waals surface area contributed by atoms with Crippen LogP contribution in [0.25, 0.3) is 11.3 Å². The fourth-order valence-electron chi connectivity index (χ4n) is 3.34. The number of aromatic nitrogens is 3. The quantitative estimate of drug-likeness (QED) is 0.609. The summed E-state index contributed by atoms with van der Waals surface area (Å²) in [6.45, 7) is 3.66. The molecular weight excluding hydrogens is 404 g/mol. The summed E-state index contributed by atoms with van der Waals surface area (Å²) in [5.74, 6) is 1.32. The van der Waals surface area contributed by atoms with Crippen molar-refractivity contribution in [3.05, 3.63) is 48.7 Å². The van der Waals surface area contributed by atoms with Gasteiger partial charge in [-0.3, -0.25) is 0 Å². The Morgan fingerprint density at radius 3 is 2.37 bits per heavy atom. The molecule has 10 heteroatoms. The van der Waals surface area contributed by atoms with Gasteiger partial charge in [0.2, 0.25) is 10.0 Å². The molecule has 1 aliphatic heterocycles. The summed E-state index contributed by atoms with van der Waals surface area (Å²) in [4.78, 5) is 8.56. The van der Waals surface area contributed by atoms with Gasteiger partial charge in [0.25, 0.3) is 0 Å². The third kappa shape index (κ3) is 4.01. The SMILES string of the molecule is Cc1nc(-c2ccc(S(=O)(=O)N3CCN(c4cc(N(C)C)cnn4)CC3)cc2)co1. The van der Waals surface area contributed by atoms with Gasteiger partial charge in [0, 0.05) is 58.8 Å². The van der Waals surface area contributed by atoms with Gasteiger partial charge in [-0.25, -0.2) is 13.4 Å². The molecule has 30 heavy (non-hydrogen) atoms. The van der Waals surface area contributed by atoms with Crippen molar-refractivity contribution in [2.45, 2.75) is 11.8 Å². The molecule has 0 bridgehead atoms. The van der Waals surface area contributed by atoms with Crippen molar-refractivity contribution >= 4 is 21.5 Å². The molecule has 0 amide bonds. The van der Waals surface area contributed by atoms with Crippen molar-refractivity contribution in [3.63, 3.8) is 0 Å². The number of nitrogens with zero attached hydrogens (tertiary/aromatic N) is 6. The van der Waals surface area contributed by atoms with Crippen molar-refractivity contribution in [2.75, 3.05) is 50.1 Å². The predicted octanol–water partition coefficient (Wildman–Crippen LogP) is 2.02. The molecule has 1 fully saturated rings. The Labute approximate surface area is 176 Å². The standard InChI is InChI=1S/C20H24N6O3S/c1-15-22-19(14-29-15)16-4-6-18(7-5-16)30(27,28)26-10-8-25(9-11-26)20-12-17(24(2)3)13-21-23-20/h4-7,12-14H,8-11H2,1-3H3. The lowest BCUT2D eigenvalue weighted by atomic mass is 10.2. The van der Waals surface area contributed by atoms with E-state index in [1.54, 1.807) is 43.6 Å². The zero-order valence-corrected chi connectivity index (χ0v) is 18.0. The highest BCUT2D eigenvalue weighted by Crippen LogP contribution is 2.24. The van der Waals surface area contributed by atoms with E-state index in [1.165, 1.54) is 4.31 Å². The normalized spacial score (nSPS) is 15.4. The summed E-state index contributed by atoms with van der Waals surface area (Å²) in [7, 11) is 0.325. The second kappa shape index (κ2) is 8.04. The number of oxazole rings is 1. The van der Waals surface area contributed by atoms with Crippen LogP contribution in [0.3, 0.4) is 0 Å². The third-order valence-corrected chi connectivity index (χ3v) is 7.03. The first-order valence-electron chi connectivity index (χ1n) is 9.62. The molecule has 1 saturated heterocycles. The van der Waals surface area contributed by atoms with E-state index < -0.39 is 10.0 Å². The van der Waals surface area contributed by atoms with Gasteiger partial charge in [-0.15, -0.1) is 5.10 Å². The highest BCUT2D eigenvalue weighted by atomic mass is 32.2. The minimum absolute atomic E-state index is 0.273. The van der Waals surface area contributed by atoms with Gasteiger partial charge < -0.3 is 14.2 Å². The van der Waals surface area contributed by atoms with Gasteiger partial charge in [0.05, 0.1) is 16.8 Å². The van der Waals surface area contributed by atoms with E-state index in [1.807, 2.05) is 25.1 Å². The number of piperazine rings is 1. The van der Waals surface area contributed by atoms with Crippen molar-refractivity contribution in [3.8, 4) is 11.3 Å². The van der Waals surface area contributed by atoms with Gasteiger partial charge in [-0.2, -0.15) is 9.40 Å². The monoisotopic (exact) mass is 428 g/mol. The Hall–Kier alpha value is -2.98. The smallest absolute Gasteiger partial charge is 0.243 e. The van der Waals surface area contributed by atoms with Crippen LogP contribution in [0.1, 0.15) is 5.89 Å². The molecule has 3 aromatic rings. The second-order valence-corrected chi connectivity index (χ2v) is 9.27. The van der Waals surface area contributed by atoms with Crippen molar-refractivity contribution < 1.29 is 12.8 Å². The number of sulfonamides is 1. The number of hydrogen-bond donors (Lipinski definition) is 0. The Kier molecular flexibility index (Phi) is 5.44. The third-order valence-electron chi connectivity index (χ3n) is 5.11. The first kappa shape index (κ1) is 20.3. The Morgan fingerprint density at radius 2 is 1.77 bits per heavy atom. The van der Waals surface area contributed by atoms with Crippen LogP contribution in [0.5, 0.6) is 0 Å². The van der Waals surface area contributed by atoms with Gasteiger partial charge in [0.1, 0.15) is 12.0 Å². The number of hydrogen-bond acceptors (Lipinski definition) is 8. The Bertz CT molecular complexity index is 1120. The van der Waals surface area contributed by atoms with Gasteiger partial charge in [0.15, 0.2) is 11.7 Å². The molecular formula is C20H24N6O3S. The van der Waals surface area contributed by atoms with E-state index in [-0.39, 0.29) is 4.90 Å². The fourth-order valence-corrected chi connectivity index (χ4v) is 4.77. The molecule has 4 rings (SSSR count). The maximum absolute atomic E-state index is 13.1. The number of aryl methyl sites for hydroxylation is 1. The van der Waals surface area contributed by atoms with Crippen LogP contribution >= 0.6 is 0 Å². The van der Waals surface area contributed by atoms with E-state index in [0.29, 0.717) is 37.8 Å².